The second-order valence-corrected chi connectivity index (χ2v) is 8.43. The van der Waals surface area contributed by atoms with Crippen LogP contribution < -0.4 is 0 Å². The van der Waals surface area contributed by atoms with Gasteiger partial charge in [-0.3, -0.25) is 9.48 Å². The van der Waals surface area contributed by atoms with Gasteiger partial charge in [-0.05, 0) is 24.6 Å². The molecule has 4 aromatic rings. The highest BCUT2D eigenvalue weighted by Crippen LogP contribution is 2.42. The summed E-state index contributed by atoms with van der Waals surface area (Å²) in [5, 5.41) is 4.21. The van der Waals surface area contributed by atoms with Crippen LogP contribution in [0.15, 0.2) is 102 Å². The zero-order valence-corrected chi connectivity index (χ0v) is 17.6. The highest BCUT2D eigenvalue weighted by molar-refractivity contribution is 7.99. The van der Waals surface area contributed by atoms with Gasteiger partial charge < -0.3 is 0 Å². The molecule has 4 rings (SSSR count). The molecule has 0 N–H and O–H groups in total. The summed E-state index contributed by atoms with van der Waals surface area (Å²) in [6, 6.07) is 28.2. The normalized spacial score (nSPS) is 13.0. The van der Waals surface area contributed by atoms with Crippen molar-refractivity contribution in [2.45, 2.75) is 23.6 Å². The summed E-state index contributed by atoms with van der Waals surface area (Å²) in [6.45, 7) is 2.54. The lowest BCUT2D eigenvalue weighted by Crippen LogP contribution is -2.26. The minimum Gasteiger partial charge on any atom is -0.294 e. The van der Waals surface area contributed by atoms with Gasteiger partial charge in [-0.15, -0.1) is 11.8 Å². The number of benzene rings is 3. The minimum absolute atomic E-state index is 0.0649. The Morgan fingerprint density at radius 2 is 1.60 bits per heavy atom. The van der Waals surface area contributed by atoms with E-state index in [1.807, 2.05) is 48.5 Å². The molecule has 0 saturated heterocycles. The Balaban J connectivity index is 1.76. The highest BCUT2D eigenvalue weighted by atomic mass is 32.2. The van der Waals surface area contributed by atoms with E-state index in [0.29, 0.717) is 12.1 Å². The van der Waals surface area contributed by atoms with Crippen molar-refractivity contribution in [1.29, 1.82) is 0 Å². The van der Waals surface area contributed by atoms with Crippen LogP contribution in [-0.4, -0.2) is 20.5 Å². The molecule has 0 unspecified atom stereocenters. The van der Waals surface area contributed by atoms with Crippen LogP contribution in [0.1, 0.15) is 26.7 Å². The van der Waals surface area contributed by atoms with Gasteiger partial charge in [0.25, 0.3) is 0 Å². The molecule has 150 valence electrons. The van der Waals surface area contributed by atoms with Crippen LogP contribution in [-0.2, 0) is 6.54 Å². The molecule has 1 heterocycles. The molecule has 0 amide bonds. The Morgan fingerprint density at radius 3 is 2.23 bits per heavy atom. The topological polar surface area (TPSA) is 47.8 Å². The molecule has 30 heavy (non-hydrogen) atoms. The number of nitrogens with zero attached hydrogens (tertiary/aromatic N) is 3. The largest absolute Gasteiger partial charge is 0.294 e. The molecule has 0 aliphatic heterocycles. The summed E-state index contributed by atoms with van der Waals surface area (Å²) in [4.78, 5) is 18.9. The molecule has 3 aromatic carbocycles. The van der Waals surface area contributed by atoms with Crippen LogP contribution in [0.3, 0.4) is 0 Å². The van der Waals surface area contributed by atoms with E-state index in [9.17, 15) is 4.79 Å². The zero-order chi connectivity index (χ0) is 20.8. The van der Waals surface area contributed by atoms with Crippen molar-refractivity contribution in [3.8, 4) is 0 Å². The van der Waals surface area contributed by atoms with Crippen LogP contribution >= 0.6 is 11.8 Å². The van der Waals surface area contributed by atoms with Gasteiger partial charge >= 0.3 is 0 Å². The fourth-order valence-electron chi connectivity index (χ4n) is 3.45. The van der Waals surface area contributed by atoms with Gasteiger partial charge in [-0.1, -0.05) is 78.4 Å². The SMILES string of the molecule is Cc1ccc([C@@H](Sc2ccccc2)[C@@H](Cn2cncn2)C(=O)c2ccccc2)cc1. The first-order valence-electron chi connectivity index (χ1n) is 9.90. The Kier molecular flexibility index (Phi) is 6.40. The number of hydrogen-bond acceptors (Lipinski definition) is 4. The Hall–Kier alpha value is -3.18. The van der Waals surface area contributed by atoms with Gasteiger partial charge in [-0.2, -0.15) is 5.10 Å². The van der Waals surface area contributed by atoms with E-state index >= 15 is 0 Å². The maximum Gasteiger partial charge on any atom is 0.169 e. The van der Waals surface area contributed by atoms with Crippen molar-refractivity contribution < 1.29 is 4.79 Å². The third-order valence-electron chi connectivity index (χ3n) is 5.02. The first kappa shape index (κ1) is 20.1. The molecule has 0 aliphatic rings. The lowest BCUT2D eigenvalue weighted by atomic mass is 9.90. The molecule has 2 atom stereocenters. The quantitative estimate of drug-likeness (QED) is 0.278. The van der Waals surface area contributed by atoms with Crippen molar-refractivity contribution in [3.05, 3.63) is 114 Å². The average Bonchev–Trinajstić information content (AvgIpc) is 3.31. The van der Waals surface area contributed by atoms with E-state index in [-0.39, 0.29) is 17.0 Å². The van der Waals surface area contributed by atoms with E-state index in [2.05, 4.69) is 53.4 Å². The number of thioether (sulfide) groups is 1. The van der Waals surface area contributed by atoms with Crippen LogP contribution in [0.4, 0.5) is 0 Å². The van der Waals surface area contributed by atoms with E-state index in [4.69, 9.17) is 0 Å². The number of carbonyl (C=O) groups excluding carboxylic acids is 1. The Bertz CT molecular complexity index is 1060. The molecule has 0 fully saturated rings. The van der Waals surface area contributed by atoms with Gasteiger partial charge in [0, 0.05) is 15.7 Å². The molecular weight excluding hydrogens is 390 g/mol. The van der Waals surface area contributed by atoms with Gasteiger partial charge in [0.1, 0.15) is 12.7 Å². The molecule has 0 spiro atoms. The maximum absolute atomic E-state index is 13.7. The van der Waals surface area contributed by atoms with Crippen molar-refractivity contribution in [3.63, 3.8) is 0 Å². The van der Waals surface area contributed by atoms with E-state index < -0.39 is 0 Å². The Labute approximate surface area is 181 Å². The molecule has 5 heteroatoms. The molecule has 0 bridgehead atoms. The highest BCUT2D eigenvalue weighted by Gasteiger charge is 2.32. The second-order valence-electron chi connectivity index (χ2n) is 7.22. The van der Waals surface area contributed by atoms with Crippen molar-refractivity contribution in [2.24, 2.45) is 5.92 Å². The third-order valence-corrected chi connectivity index (χ3v) is 6.42. The number of ketones is 1. The average molecular weight is 414 g/mol. The standard InChI is InChI=1S/C25H23N3OS/c1-19-12-14-21(15-13-19)25(30-22-10-6-3-7-11-22)23(16-28-18-26-17-27-28)24(29)20-8-4-2-5-9-20/h2-15,17-18,23,25H,16H2,1H3/t23-,25+/m0/s1. The molecular formula is C25H23N3OS. The van der Waals surface area contributed by atoms with Gasteiger partial charge in [-0.25, -0.2) is 4.98 Å². The number of aryl methyl sites for hydroxylation is 1. The zero-order valence-electron chi connectivity index (χ0n) is 16.8. The van der Waals surface area contributed by atoms with Crippen LogP contribution in [0.2, 0.25) is 0 Å². The fourth-order valence-corrected chi connectivity index (χ4v) is 4.72. The van der Waals surface area contributed by atoms with Crippen molar-refractivity contribution >= 4 is 17.5 Å². The van der Waals surface area contributed by atoms with Crippen molar-refractivity contribution in [2.75, 3.05) is 0 Å². The summed E-state index contributed by atoms with van der Waals surface area (Å²) in [5.74, 6) is -0.192. The van der Waals surface area contributed by atoms with Crippen LogP contribution in [0, 0.1) is 12.8 Å². The third kappa shape index (κ3) is 4.86. The first-order valence-corrected chi connectivity index (χ1v) is 10.8. The van der Waals surface area contributed by atoms with Crippen molar-refractivity contribution in [1.82, 2.24) is 14.8 Å². The predicted molar refractivity (Wildman–Crippen MR) is 121 cm³/mol. The van der Waals surface area contributed by atoms with E-state index in [1.165, 1.54) is 11.9 Å². The summed E-state index contributed by atoms with van der Waals surface area (Å²) in [5.41, 5.74) is 3.04. The number of aromatic nitrogens is 3. The van der Waals surface area contributed by atoms with E-state index in [1.54, 1.807) is 22.8 Å². The summed E-state index contributed by atoms with van der Waals surface area (Å²) < 4.78 is 1.75. The second kappa shape index (κ2) is 9.55. The minimum atomic E-state index is -0.304. The predicted octanol–water partition coefficient (Wildman–Crippen LogP) is 5.62. The number of carbonyl (C=O) groups is 1. The lowest BCUT2D eigenvalue weighted by molar-refractivity contribution is 0.0901. The van der Waals surface area contributed by atoms with Crippen LogP contribution in [0.25, 0.3) is 0 Å². The molecule has 0 radical (unpaired) electrons. The Morgan fingerprint density at radius 1 is 0.933 bits per heavy atom. The molecule has 0 aliphatic carbocycles. The molecule has 0 saturated carbocycles. The first-order chi connectivity index (χ1) is 14.7. The van der Waals surface area contributed by atoms with Gasteiger partial charge in [0.05, 0.1) is 12.5 Å². The number of rotatable bonds is 8. The lowest BCUT2D eigenvalue weighted by Gasteiger charge is -2.26. The maximum atomic E-state index is 13.7. The summed E-state index contributed by atoms with van der Waals surface area (Å²) in [7, 11) is 0. The van der Waals surface area contributed by atoms with Crippen LogP contribution in [0.5, 0.6) is 0 Å². The fraction of sp³-hybridized carbons (Fsp3) is 0.160. The summed E-state index contributed by atoms with van der Waals surface area (Å²) in [6.07, 6.45) is 3.18. The monoisotopic (exact) mass is 413 g/mol. The number of Topliss-reactive ketones (excluding diaryl/α,β-unsaturated/α-hetero) is 1. The number of hydrogen-bond donors (Lipinski definition) is 0. The van der Waals surface area contributed by atoms with Gasteiger partial charge in [0.15, 0.2) is 5.78 Å². The molecule has 1 aromatic heterocycles. The van der Waals surface area contributed by atoms with Gasteiger partial charge in [0.2, 0.25) is 0 Å². The van der Waals surface area contributed by atoms with E-state index in [0.717, 1.165) is 10.5 Å². The smallest absolute Gasteiger partial charge is 0.169 e. The summed E-state index contributed by atoms with van der Waals surface area (Å²) >= 11 is 1.72. The molecule has 4 nitrogen and oxygen atoms in total.